The summed E-state index contributed by atoms with van der Waals surface area (Å²) in [5.41, 5.74) is 0.375. The number of nitro groups is 1. The largest absolute Gasteiger partial charge is 0.459 e. The number of anilines is 1. The van der Waals surface area contributed by atoms with E-state index in [1.54, 1.807) is 0 Å². The highest BCUT2D eigenvalue weighted by molar-refractivity contribution is 8.00. The molecule has 0 spiro atoms. The Kier molecular flexibility index (Phi) is 5.96. The third-order valence-corrected chi connectivity index (χ3v) is 4.30. The van der Waals surface area contributed by atoms with E-state index in [2.05, 4.69) is 9.97 Å². The fourth-order valence-corrected chi connectivity index (χ4v) is 2.87. The van der Waals surface area contributed by atoms with E-state index >= 15 is 0 Å². The minimum atomic E-state index is -0.956. The quantitative estimate of drug-likeness (QED) is 0.355. The first-order valence-electron chi connectivity index (χ1n) is 7.74. The third-order valence-electron chi connectivity index (χ3n) is 3.41. The second kappa shape index (κ2) is 8.59. The van der Waals surface area contributed by atoms with Crippen LogP contribution in [0.25, 0.3) is 0 Å². The number of hydrogen-bond acceptors (Lipinski definition) is 8. The first kappa shape index (κ1) is 19.5. The molecular formula is C17H12F2N4O4S. The van der Waals surface area contributed by atoms with E-state index in [0.29, 0.717) is 22.0 Å². The van der Waals surface area contributed by atoms with E-state index in [4.69, 9.17) is 4.74 Å². The third kappa shape index (κ3) is 4.69. The summed E-state index contributed by atoms with van der Waals surface area (Å²) in [4.78, 5) is 18.0. The maximum absolute atomic E-state index is 14.0. The average Bonchev–Trinajstić information content (AvgIpc) is 2.68. The standard InChI is InChI=1S/C17H12F2N4O4S/c18-12-7-5-11(6-8-12)10-27-17-20-9-13(19)16(21-17)23(26)28-15-4-2-1-3-14(15)22(24)25/h1-9,26H,10H2. The van der Waals surface area contributed by atoms with Crippen LogP contribution in [-0.4, -0.2) is 20.1 Å². The highest BCUT2D eigenvalue weighted by Crippen LogP contribution is 2.33. The first-order valence-corrected chi connectivity index (χ1v) is 8.51. The molecular weight excluding hydrogens is 394 g/mol. The molecule has 0 aliphatic rings. The van der Waals surface area contributed by atoms with Gasteiger partial charge in [0.1, 0.15) is 17.3 Å². The molecule has 3 aromatic rings. The summed E-state index contributed by atoms with van der Waals surface area (Å²) in [5, 5.41) is 21.2. The molecule has 1 N–H and O–H groups in total. The van der Waals surface area contributed by atoms with Crippen LogP contribution in [0.1, 0.15) is 5.56 Å². The molecule has 11 heteroatoms. The zero-order valence-electron chi connectivity index (χ0n) is 14.0. The fourth-order valence-electron chi connectivity index (χ4n) is 2.10. The molecule has 0 unspecified atom stereocenters. The fraction of sp³-hybridized carbons (Fsp3) is 0.0588. The summed E-state index contributed by atoms with van der Waals surface area (Å²) in [7, 11) is 0. The van der Waals surface area contributed by atoms with Crippen molar-refractivity contribution in [2.75, 3.05) is 4.47 Å². The van der Waals surface area contributed by atoms with Gasteiger partial charge in [-0.2, -0.15) is 9.45 Å². The molecule has 1 heterocycles. The van der Waals surface area contributed by atoms with Crippen LogP contribution in [0.4, 0.5) is 20.3 Å². The van der Waals surface area contributed by atoms with Gasteiger partial charge < -0.3 is 4.74 Å². The SMILES string of the molecule is O=[N+]([O-])c1ccccc1SN(O)c1nc(OCc2ccc(F)cc2)ncc1F. The second-order valence-corrected chi connectivity index (χ2v) is 6.30. The van der Waals surface area contributed by atoms with Crippen molar-refractivity contribution in [1.82, 2.24) is 9.97 Å². The van der Waals surface area contributed by atoms with Crippen LogP contribution in [0.15, 0.2) is 59.6 Å². The van der Waals surface area contributed by atoms with Gasteiger partial charge in [0.15, 0.2) is 5.82 Å². The Hall–Kier alpha value is -3.31. The number of para-hydroxylation sites is 1. The molecule has 0 atom stereocenters. The number of benzene rings is 2. The average molecular weight is 406 g/mol. The minimum absolute atomic E-state index is 0.00587. The van der Waals surface area contributed by atoms with E-state index in [1.807, 2.05) is 0 Å². The van der Waals surface area contributed by atoms with Gasteiger partial charge in [0.25, 0.3) is 5.69 Å². The maximum atomic E-state index is 14.0. The normalized spacial score (nSPS) is 10.5. The Morgan fingerprint density at radius 1 is 1.18 bits per heavy atom. The molecule has 28 heavy (non-hydrogen) atoms. The van der Waals surface area contributed by atoms with Crippen LogP contribution in [0, 0.1) is 21.7 Å². The maximum Gasteiger partial charge on any atom is 0.318 e. The molecule has 1 aromatic heterocycles. The number of hydrogen-bond donors (Lipinski definition) is 1. The van der Waals surface area contributed by atoms with E-state index < -0.39 is 22.4 Å². The topological polar surface area (TPSA) is 102 Å². The molecule has 0 fully saturated rings. The molecule has 3 rings (SSSR count). The highest BCUT2D eigenvalue weighted by Gasteiger charge is 2.20. The molecule has 0 saturated heterocycles. The second-order valence-electron chi connectivity index (χ2n) is 5.33. The molecule has 0 radical (unpaired) electrons. The van der Waals surface area contributed by atoms with Gasteiger partial charge >= 0.3 is 6.01 Å². The summed E-state index contributed by atoms with van der Waals surface area (Å²) in [6, 6.07) is 10.9. The van der Waals surface area contributed by atoms with Crippen LogP contribution in [0.3, 0.4) is 0 Å². The Morgan fingerprint density at radius 3 is 2.61 bits per heavy atom. The smallest absolute Gasteiger partial charge is 0.318 e. The lowest BCUT2D eigenvalue weighted by atomic mass is 10.2. The Balaban J connectivity index is 1.75. The van der Waals surface area contributed by atoms with Crippen molar-refractivity contribution >= 4 is 23.5 Å². The number of aromatic nitrogens is 2. The lowest BCUT2D eigenvalue weighted by molar-refractivity contribution is -0.387. The molecule has 144 valence electrons. The minimum Gasteiger partial charge on any atom is -0.459 e. The number of rotatable bonds is 7. The zero-order valence-corrected chi connectivity index (χ0v) is 14.8. The number of nitrogens with zero attached hydrogens (tertiary/aromatic N) is 4. The zero-order chi connectivity index (χ0) is 20.1. The number of nitro benzene ring substituents is 1. The van der Waals surface area contributed by atoms with Crippen molar-refractivity contribution in [3.63, 3.8) is 0 Å². The van der Waals surface area contributed by atoms with E-state index in [0.717, 1.165) is 6.20 Å². The van der Waals surface area contributed by atoms with Crippen molar-refractivity contribution in [3.8, 4) is 6.01 Å². The van der Waals surface area contributed by atoms with Crippen molar-refractivity contribution in [2.24, 2.45) is 0 Å². The summed E-state index contributed by atoms with van der Waals surface area (Å²) in [5.74, 6) is -1.89. The monoisotopic (exact) mass is 406 g/mol. The lowest BCUT2D eigenvalue weighted by Crippen LogP contribution is -2.13. The summed E-state index contributed by atoms with van der Waals surface area (Å²) in [6.45, 7) is -0.00587. The van der Waals surface area contributed by atoms with Crippen molar-refractivity contribution in [1.29, 1.82) is 0 Å². The van der Waals surface area contributed by atoms with Gasteiger partial charge in [-0.3, -0.25) is 15.3 Å². The number of halogens is 2. The van der Waals surface area contributed by atoms with Crippen LogP contribution in [0.2, 0.25) is 0 Å². The van der Waals surface area contributed by atoms with E-state index in [-0.39, 0.29) is 23.2 Å². The predicted octanol–water partition coefficient (Wildman–Crippen LogP) is 4.14. The van der Waals surface area contributed by atoms with Gasteiger partial charge in [0.2, 0.25) is 5.82 Å². The van der Waals surface area contributed by atoms with Gasteiger partial charge in [0.05, 0.1) is 11.1 Å². The molecule has 2 aromatic carbocycles. The number of ether oxygens (including phenoxy) is 1. The van der Waals surface area contributed by atoms with Gasteiger partial charge in [-0.15, -0.1) is 0 Å². The first-order chi connectivity index (χ1) is 13.4. The Labute approximate surface area is 161 Å². The van der Waals surface area contributed by atoms with Crippen molar-refractivity contribution < 1.29 is 23.6 Å². The Morgan fingerprint density at radius 2 is 1.89 bits per heavy atom. The van der Waals surface area contributed by atoms with Crippen LogP contribution in [0.5, 0.6) is 6.01 Å². The Bertz CT molecular complexity index is 991. The van der Waals surface area contributed by atoms with Gasteiger partial charge in [-0.25, -0.2) is 13.8 Å². The van der Waals surface area contributed by atoms with Crippen molar-refractivity contribution in [2.45, 2.75) is 11.5 Å². The summed E-state index contributed by atoms with van der Waals surface area (Å²) >= 11 is 0.510. The molecule has 0 aliphatic carbocycles. The van der Waals surface area contributed by atoms with Crippen molar-refractivity contribution in [3.05, 3.63) is 82.0 Å². The van der Waals surface area contributed by atoms with Gasteiger partial charge in [0, 0.05) is 18.0 Å². The molecule has 0 saturated carbocycles. The lowest BCUT2D eigenvalue weighted by Gasteiger charge is -2.15. The molecule has 0 bridgehead atoms. The van der Waals surface area contributed by atoms with Gasteiger partial charge in [-0.1, -0.05) is 24.3 Å². The molecule has 0 amide bonds. The van der Waals surface area contributed by atoms with E-state index in [1.165, 1.54) is 48.5 Å². The molecule has 0 aliphatic heterocycles. The predicted molar refractivity (Wildman–Crippen MR) is 95.9 cm³/mol. The summed E-state index contributed by atoms with van der Waals surface area (Å²) < 4.78 is 32.6. The molecule has 8 nitrogen and oxygen atoms in total. The van der Waals surface area contributed by atoms with E-state index in [9.17, 15) is 24.1 Å². The van der Waals surface area contributed by atoms with Crippen LogP contribution < -0.4 is 9.21 Å². The highest BCUT2D eigenvalue weighted by atomic mass is 32.2. The summed E-state index contributed by atoms with van der Waals surface area (Å²) in [6.07, 6.45) is 0.797. The van der Waals surface area contributed by atoms with Gasteiger partial charge in [-0.05, 0) is 23.8 Å². The van der Waals surface area contributed by atoms with Crippen LogP contribution >= 0.6 is 11.9 Å². The van der Waals surface area contributed by atoms with Crippen LogP contribution in [-0.2, 0) is 6.61 Å².